The normalized spacial score (nSPS) is 15.5. The van der Waals surface area contributed by atoms with E-state index in [0.29, 0.717) is 41.6 Å². The van der Waals surface area contributed by atoms with Gasteiger partial charge in [0.05, 0.1) is 31.7 Å². The largest absolute Gasteiger partial charge is 0.483 e. The van der Waals surface area contributed by atoms with E-state index in [0.717, 1.165) is 17.7 Å². The number of nitrogens with two attached hydrogens (primary N) is 2. The summed E-state index contributed by atoms with van der Waals surface area (Å²) in [4.78, 5) is 9.32. The highest BCUT2D eigenvalue weighted by Crippen LogP contribution is 2.29. The van der Waals surface area contributed by atoms with Gasteiger partial charge in [-0.3, -0.25) is 9.98 Å². The fourth-order valence-corrected chi connectivity index (χ4v) is 3.23. The quantitative estimate of drug-likeness (QED) is 0.335. The van der Waals surface area contributed by atoms with Crippen LogP contribution in [-0.4, -0.2) is 25.6 Å². The van der Waals surface area contributed by atoms with Gasteiger partial charge in [-0.1, -0.05) is 30.3 Å². The van der Waals surface area contributed by atoms with Crippen molar-refractivity contribution in [3.63, 3.8) is 0 Å². The molecule has 0 atom stereocenters. The Hall–Kier alpha value is -3.45. The van der Waals surface area contributed by atoms with Crippen molar-refractivity contribution in [2.45, 2.75) is 39.4 Å². The van der Waals surface area contributed by atoms with Crippen LogP contribution in [0.25, 0.3) is 0 Å². The summed E-state index contributed by atoms with van der Waals surface area (Å²) in [6.45, 7) is 3.27. The minimum atomic E-state index is -0.351. The Bertz CT molecular complexity index is 1070. The van der Waals surface area contributed by atoms with Gasteiger partial charge in [0, 0.05) is 36.5 Å². The maximum atomic E-state index is 14.0. The van der Waals surface area contributed by atoms with Crippen LogP contribution in [-0.2, 0) is 22.7 Å². The van der Waals surface area contributed by atoms with Crippen molar-refractivity contribution in [3.05, 3.63) is 88.7 Å². The summed E-state index contributed by atoms with van der Waals surface area (Å²) in [5.41, 5.74) is 16.4. The summed E-state index contributed by atoms with van der Waals surface area (Å²) < 4.78 is 25.0. The van der Waals surface area contributed by atoms with Crippen molar-refractivity contribution >= 4 is 17.6 Å². The zero-order valence-corrected chi connectivity index (χ0v) is 19.8. The van der Waals surface area contributed by atoms with E-state index in [1.165, 1.54) is 32.1 Å². The molecule has 3 rings (SSSR count). The third-order valence-corrected chi connectivity index (χ3v) is 5.41. The Morgan fingerprint density at radius 2 is 1.88 bits per heavy atom. The first-order valence-electron chi connectivity index (χ1n) is 11.4. The Morgan fingerprint density at radius 1 is 1.12 bits per heavy atom. The molecular formula is C27H33FN4O2. The molecular weight excluding hydrogens is 431 g/mol. The number of aliphatic imine (C=N–C) groups is 2. The van der Waals surface area contributed by atoms with Gasteiger partial charge in [-0.25, -0.2) is 4.39 Å². The van der Waals surface area contributed by atoms with Crippen molar-refractivity contribution in [1.29, 1.82) is 0 Å². The smallest absolute Gasteiger partial charge is 0.185 e. The number of ether oxygens (including phenoxy) is 2. The molecule has 180 valence electrons. The van der Waals surface area contributed by atoms with Crippen molar-refractivity contribution < 1.29 is 13.9 Å². The number of halogens is 1. The lowest BCUT2D eigenvalue weighted by Crippen LogP contribution is -2.09. The zero-order valence-electron chi connectivity index (χ0n) is 19.8. The molecule has 0 unspecified atom stereocenters. The molecule has 2 aromatic carbocycles. The van der Waals surface area contributed by atoms with Gasteiger partial charge in [0.1, 0.15) is 5.82 Å². The van der Waals surface area contributed by atoms with Crippen LogP contribution in [0, 0.1) is 11.7 Å². The van der Waals surface area contributed by atoms with Crippen molar-refractivity contribution in [2.75, 3.05) is 13.7 Å². The fourth-order valence-electron chi connectivity index (χ4n) is 3.23. The molecule has 0 bridgehead atoms. The van der Waals surface area contributed by atoms with E-state index < -0.39 is 0 Å². The monoisotopic (exact) mass is 464 g/mol. The maximum absolute atomic E-state index is 14.0. The third kappa shape index (κ3) is 8.48. The van der Waals surface area contributed by atoms with E-state index in [9.17, 15) is 4.39 Å². The predicted molar refractivity (Wildman–Crippen MR) is 135 cm³/mol. The molecule has 0 heterocycles. The molecule has 1 saturated carbocycles. The van der Waals surface area contributed by atoms with Crippen LogP contribution in [0.4, 0.5) is 10.1 Å². The van der Waals surface area contributed by atoms with Gasteiger partial charge in [-0.15, -0.1) is 0 Å². The molecule has 4 N–H and O–H groups in total. The summed E-state index contributed by atoms with van der Waals surface area (Å²) in [7, 11) is 1.49. The fraction of sp³-hybridized carbons (Fsp3) is 0.333. The number of hydrogen-bond acceptors (Lipinski definition) is 6. The molecule has 0 aliphatic heterocycles. The van der Waals surface area contributed by atoms with Crippen LogP contribution in [0.5, 0.6) is 0 Å². The molecule has 0 aromatic heterocycles. The average molecular weight is 465 g/mol. The van der Waals surface area contributed by atoms with E-state index in [-0.39, 0.29) is 18.3 Å². The van der Waals surface area contributed by atoms with Crippen LogP contribution in [0.2, 0.25) is 0 Å². The van der Waals surface area contributed by atoms with E-state index in [4.69, 9.17) is 25.9 Å². The number of nitrogens with zero attached hydrogens (tertiary/aromatic N) is 2. The topological polar surface area (TPSA) is 95.2 Å². The summed E-state index contributed by atoms with van der Waals surface area (Å²) >= 11 is 0. The van der Waals surface area contributed by atoms with Gasteiger partial charge in [0.25, 0.3) is 0 Å². The Labute approximate surface area is 200 Å². The van der Waals surface area contributed by atoms with Gasteiger partial charge >= 0.3 is 0 Å². The van der Waals surface area contributed by atoms with Crippen LogP contribution in [0.15, 0.2) is 81.7 Å². The maximum Gasteiger partial charge on any atom is 0.185 e. The minimum absolute atomic E-state index is 0.212. The van der Waals surface area contributed by atoms with Crippen LogP contribution >= 0.6 is 0 Å². The lowest BCUT2D eigenvalue weighted by molar-refractivity contribution is 0.107. The first-order valence-corrected chi connectivity index (χ1v) is 11.4. The Morgan fingerprint density at radius 3 is 2.56 bits per heavy atom. The molecule has 34 heavy (non-hydrogen) atoms. The van der Waals surface area contributed by atoms with Crippen molar-refractivity contribution in [3.8, 4) is 0 Å². The van der Waals surface area contributed by atoms with Crippen LogP contribution in [0.1, 0.15) is 37.3 Å². The molecule has 7 heteroatoms. The Kier molecular flexibility index (Phi) is 9.40. The second-order valence-corrected chi connectivity index (χ2v) is 8.43. The van der Waals surface area contributed by atoms with Crippen LogP contribution < -0.4 is 11.5 Å². The van der Waals surface area contributed by atoms with Gasteiger partial charge < -0.3 is 20.9 Å². The van der Waals surface area contributed by atoms with E-state index >= 15 is 0 Å². The molecule has 0 saturated heterocycles. The zero-order chi connectivity index (χ0) is 24.3. The summed E-state index contributed by atoms with van der Waals surface area (Å²) in [5, 5.41) is 0. The van der Waals surface area contributed by atoms with E-state index in [2.05, 4.69) is 4.99 Å². The highest BCUT2D eigenvalue weighted by molar-refractivity contribution is 6.02. The number of methoxy groups -OCH3 is 1. The first kappa shape index (κ1) is 25.2. The second-order valence-electron chi connectivity index (χ2n) is 8.43. The number of benzene rings is 2. The minimum Gasteiger partial charge on any atom is -0.483 e. The molecule has 1 aliphatic rings. The van der Waals surface area contributed by atoms with E-state index in [1.54, 1.807) is 12.1 Å². The summed E-state index contributed by atoms with van der Waals surface area (Å²) in [6, 6.07) is 14.3. The van der Waals surface area contributed by atoms with Gasteiger partial charge in [0.2, 0.25) is 0 Å². The first-order chi connectivity index (χ1) is 16.4. The molecule has 1 fully saturated rings. The number of hydrogen-bond donors (Lipinski definition) is 2. The Balaban J connectivity index is 1.83. The summed E-state index contributed by atoms with van der Waals surface area (Å²) in [5.74, 6) is 0.549. The SMILES string of the molecule is COC(N)=CC(CC(C=NCC1CC1)=C(C)N)=Nc1ccc(F)cc1COCc1ccccc1. The molecule has 6 nitrogen and oxygen atoms in total. The molecule has 0 amide bonds. The predicted octanol–water partition coefficient (Wildman–Crippen LogP) is 5.17. The standard InChI is InChI=1S/C27H33FN4O2/c1-19(29)22(16-31-15-20-8-9-20)13-25(14-27(30)33-2)32-26-11-10-24(28)12-23(26)18-34-17-21-6-4-3-5-7-21/h3-7,10-12,14,16,20H,8-9,13,15,17-18,29-30H2,1-2H3. The highest BCUT2D eigenvalue weighted by atomic mass is 19.1. The molecule has 1 aliphatic carbocycles. The van der Waals surface area contributed by atoms with Gasteiger partial charge in [-0.2, -0.15) is 0 Å². The lowest BCUT2D eigenvalue weighted by Gasteiger charge is -2.11. The lowest BCUT2D eigenvalue weighted by atomic mass is 10.1. The molecule has 0 spiro atoms. The summed E-state index contributed by atoms with van der Waals surface area (Å²) in [6.07, 6.45) is 6.33. The number of rotatable bonds is 12. The second kappa shape index (κ2) is 12.7. The molecule has 0 radical (unpaired) electrons. The van der Waals surface area contributed by atoms with E-state index in [1.807, 2.05) is 43.5 Å². The average Bonchev–Trinajstić information content (AvgIpc) is 3.65. The van der Waals surface area contributed by atoms with Crippen molar-refractivity contribution in [1.82, 2.24) is 0 Å². The highest BCUT2D eigenvalue weighted by Gasteiger charge is 2.20. The van der Waals surface area contributed by atoms with Gasteiger partial charge in [0.15, 0.2) is 5.88 Å². The van der Waals surface area contributed by atoms with Crippen LogP contribution in [0.3, 0.4) is 0 Å². The van der Waals surface area contributed by atoms with Gasteiger partial charge in [-0.05, 0) is 55.0 Å². The number of allylic oxidation sites excluding steroid dienone is 3. The molecule has 2 aromatic rings. The third-order valence-electron chi connectivity index (χ3n) is 5.41. The van der Waals surface area contributed by atoms with Crippen molar-refractivity contribution in [2.24, 2.45) is 27.4 Å².